The second-order valence-corrected chi connectivity index (χ2v) is 8.09. The number of rotatable bonds is 5. The third-order valence-corrected chi connectivity index (χ3v) is 5.57. The third kappa shape index (κ3) is 4.50. The Morgan fingerprint density at radius 2 is 1.68 bits per heavy atom. The Balaban J connectivity index is 1.84. The SMILES string of the molecule is COc1cc2ccccc2cc1CN(C(=O)c1ccncc1C)c1cc(Cl)cc(Cl)c1. The zero-order valence-electron chi connectivity index (χ0n) is 17.1. The summed E-state index contributed by atoms with van der Waals surface area (Å²) >= 11 is 12.5. The number of pyridine rings is 1. The van der Waals surface area contributed by atoms with E-state index in [1.165, 1.54) is 0 Å². The van der Waals surface area contributed by atoms with Gasteiger partial charge in [0.05, 0.1) is 13.7 Å². The van der Waals surface area contributed by atoms with Crippen LogP contribution in [0.1, 0.15) is 21.5 Å². The lowest BCUT2D eigenvalue weighted by Gasteiger charge is -2.25. The second kappa shape index (κ2) is 8.96. The number of fused-ring (bicyclic) bond motifs is 1. The summed E-state index contributed by atoms with van der Waals surface area (Å²) in [6.45, 7) is 2.14. The van der Waals surface area contributed by atoms with Crippen molar-refractivity contribution < 1.29 is 9.53 Å². The molecule has 0 spiro atoms. The topological polar surface area (TPSA) is 42.4 Å². The van der Waals surface area contributed by atoms with Crippen molar-refractivity contribution in [2.24, 2.45) is 0 Å². The van der Waals surface area contributed by atoms with E-state index in [1.54, 1.807) is 48.7 Å². The molecule has 0 N–H and O–H groups in total. The van der Waals surface area contributed by atoms with E-state index < -0.39 is 0 Å². The number of aromatic nitrogens is 1. The molecule has 1 aromatic heterocycles. The van der Waals surface area contributed by atoms with Crippen molar-refractivity contribution in [3.05, 3.63) is 99.8 Å². The Hall–Kier alpha value is -3.08. The van der Waals surface area contributed by atoms with Crippen molar-refractivity contribution in [2.75, 3.05) is 12.0 Å². The summed E-state index contributed by atoms with van der Waals surface area (Å²) in [5.41, 5.74) is 2.83. The minimum absolute atomic E-state index is 0.173. The first-order chi connectivity index (χ1) is 15.0. The van der Waals surface area contributed by atoms with E-state index >= 15 is 0 Å². The molecule has 6 heteroatoms. The van der Waals surface area contributed by atoms with Gasteiger partial charge in [-0.3, -0.25) is 9.78 Å². The van der Waals surface area contributed by atoms with Gasteiger partial charge in [-0.25, -0.2) is 0 Å². The third-order valence-electron chi connectivity index (χ3n) is 5.13. The van der Waals surface area contributed by atoms with Crippen LogP contribution in [0.15, 0.2) is 73.1 Å². The molecular formula is C25H20Cl2N2O2. The maximum atomic E-state index is 13.6. The standard InChI is InChI=1S/C25H20Cl2N2O2/c1-16-14-28-8-7-23(16)25(30)29(22-12-20(26)11-21(27)13-22)15-19-9-17-5-3-4-6-18(17)10-24(19)31-2/h3-14H,15H2,1-2H3. The highest BCUT2D eigenvalue weighted by Crippen LogP contribution is 2.32. The zero-order valence-corrected chi connectivity index (χ0v) is 18.6. The number of ether oxygens (including phenoxy) is 1. The van der Waals surface area contributed by atoms with E-state index in [2.05, 4.69) is 4.98 Å². The van der Waals surface area contributed by atoms with Gasteiger partial charge in [0.15, 0.2) is 0 Å². The molecular weight excluding hydrogens is 431 g/mol. The van der Waals surface area contributed by atoms with Gasteiger partial charge >= 0.3 is 0 Å². The Morgan fingerprint density at radius 1 is 1.00 bits per heavy atom. The number of carbonyl (C=O) groups is 1. The van der Waals surface area contributed by atoms with Crippen molar-refractivity contribution in [3.63, 3.8) is 0 Å². The monoisotopic (exact) mass is 450 g/mol. The van der Waals surface area contributed by atoms with Crippen molar-refractivity contribution in [1.29, 1.82) is 0 Å². The summed E-state index contributed by atoms with van der Waals surface area (Å²) in [6, 6.07) is 18.9. The summed E-state index contributed by atoms with van der Waals surface area (Å²) in [4.78, 5) is 19.4. The second-order valence-electron chi connectivity index (χ2n) is 7.22. The number of hydrogen-bond acceptors (Lipinski definition) is 3. The van der Waals surface area contributed by atoms with Crippen LogP contribution in [-0.4, -0.2) is 18.0 Å². The van der Waals surface area contributed by atoms with Gasteiger partial charge in [0.1, 0.15) is 5.75 Å². The average molecular weight is 451 g/mol. The molecule has 0 aliphatic carbocycles. The van der Waals surface area contributed by atoms with Gasteiger partial charge in [-0.15, -0.1) is 0 Å². The first kappa shape index (κ1) is 21.2. The fourth-order valence-corrected chi connectivity index (χ4v) is 4.10. The molecule has 0 unspecified atom stereocenters. The Morgan fingerprint density at radius 3 is 2.32 bits per heavy atom. The average Bonchev–Trinajstić information content (AvgIpc) is 2.76. The molecule has 4 rings (SSSR count). The van der Waals surface area contributed by atoms with Crippen molar-refractivity contribution >= 4 is 45.6 Å². The Kier molecular flexibility index (Phi) is 6.12. The molecule has 0 fully saturated rings. The predicted octanol–water partition coefficient (Wildman–Crippen LogP) is 6.71. The highest BCUT2D eigenvalue weighted by atomic mass is 35.5. The van der Waals surface area contributed by atoms with Crippen LogP contribution in [0, 0.1) is 6.92 Å². The molecule has 0 saturated carbocycles. The van der Waals surface area contributed by atoms with Gasteiger partial charge in [-0.1, -0.05) is 47.5 Å². The summed E-state index contributed by atoms with van der Waals surface area (Å²) in [6.07, 6.45) is 3.28. The summed E-state index contributed by atoms with van der Waals surface area (Å²) in [5.74, 6) is 0.532. The lowest BCUT2D eigenvalue weighted by atomic mass is 10.0. The molecule has 3 aromatic carbocycles. The van der Waals surface area contributed by atoms with Gasteiger partial charge in [0.2, 0.25) is 0 Å². The highest BCUT2D eigenvalue weighted by Gasteiger charge is 2.22. The van der Waals surface area contributed by atoms with Crippen LogP contribution in [0.2, 0.25) is 10.0 Å². The van der Waals surface area contributed by atoms with Crippen LogP contribution in [0.3, 0.4) is 0 Å². The van der Waals surface area contributed by atoms with Crippen molar-refractivity contribution in [2.45, 2.75) is 13.5 Å². The largest absolute Gasteiger partial charge is 0.496 e. The zero-order chi connectivity index (χ0) is 22.0. The molecule has 0 bridgehead atoms. The number of hydrogen-bond donors (Lipinski definition) is 0. The van der Waals surface area contributed by atoms with Gasteiger partial charge < -0.3 is 9.64 Å². The molecule has 4 nitrogen and oxygen atoms in total. The number of nitrogens with zero attached hydrogens (tertiary/aromatic N) is 2. The molecule has 0 saturated heterocycles. The first-order valence-corrected chi connectivity index (χ1v) is 10.5. The van der Waals surface area contributed by atoms with Crippen LogP contribution >= 0.6 is 23.2 Å². The minimum Gasteiger partial charge on any atom is -0.496 e. The van der Waals surface area contributed by atoms with E-state index in [0.717, 1.165) is 21.9 Å². The molecule has 0 aliphatic heterocycles. The number of amides is 1. The quantitative estimate of drug-likeness (QED) is 0.339. The fourth-order valence-electron chi connectivity index (χ4n) is 3.58. The molecule has 1 amide bonds. The number of halogens is 2. The van der Waals surface area contributed by atoms with E-state index in [4.69, 9.17) is 27.9 Å². The molecule has 156 valence electrons. The van der Waals surface area contributed by atoms with E-state index in [0.29, 0.717) is 27.0 Å². The first-order valence-electron chi connectivity index (χ1n) is 9.70. The molecule has 0 atom stereocenters. The van der Waals surface area contributed by atoms with Crippen molar-refractivity contribution in [1.82, 2.24) is 4.98 Å². The van der Waals surface area contributed by atoms with Crippen LogP contribution in [0.4, 0.5) is 5.69 Å². The lowest BCUT2D eigenvalue weighted by molar-refractivity contribution is 0.0984. The smallest absolute Gasteiger partial charge is 0.258 e. The van der Waals surface area contributed by atoms with Crippen molar-refractivity contribution in [3.8, 4) is 5.75 Å². The summed E-state index contributed by atoms with van der Waals surface area (Å²) in [5, 5.41) is 3.04. The van der Waals surface area contributed by atoms with Crippen LogP contribution < -0.4 is 9.64 Å². The molecule has 1 heterocycles. The van der Waals surface area contributed by atoms with Gasteiger partial charge in [0.25, 0.3) is 5.91 Å². The van der Waals surface area contributed by atoms with Gasteiger partial charge in [-0.05, 0) is 59.7 Å². The Bertz CT molecular complexity index is 1250. The number of carbonyl (C=O) groups excluding carboxylic acids is 1. The summed E-state index contributed by atoms with van der Waals surface area (Å²) < 4.78 is 5.65. The van der Waals surface area contributed by atoms with Crippen LogP contribution in [0.25, 0.3) is 10.8 Å². The molecule has 0 aliphatic rings. The van der Waals surface area contributed by atoms with E-state index in [-0.39, 0.29) is 12.5 Å². The Labute approximate surface area is 191 Å². The van der Waals surface area contributed by atoms with Gasteiger partial charge in [-0.2, -0.15) is 0 Å². The van der Waals surface area contributed by atoms with Crippen LogP contribution in [0.5, 0.6) is 5.75 Å². The molecule has 31 heavy (non-hydrogen) atoms. The van der Waals surface area contributed by atoms with Crippen LogP contribution in [-0.2, 0) is 6.54 Å². The predicted molar refractivity (Wildman–Crippen MR) is 126 cm³/mol. The molecule has 0 radical (unpaired) electrons. The number of methoxy groups -OCH3 is 1. The highest BCUT2D eigenvalue weighted by molar-refractivity contribution is 6.35. The number of anilines is 1. The van der Waals surface area contributed by atoms with E-state index in [9.17, 15) is 4.79 Å². The number of benzene rings is 3. The minimum atomic E-state index is -0.173. The summed E-state index contributed by atoms with van der Waals surface area (Å²) in [7, 11) is 1.63. The van der Waals surface area contributed by atoms with E-state index in [1.807, 2.05) is 43.3 Å². The van der Waals surface area contributed by atoms with Gasteiger partial charge in [0, 0.05) is 39.3 Å². The maximum Gasteiger partial charge on any atom is 0.258 e. The maximum absolute atomic E-state index is 13.6. The normalized spacial score (nSPS) is 10.8. The fraction of sp³-hybridized carbons (Fsp3) is 0.120. The number of aryl methyl sites for hydroxylation is 1. The lowest BCUT2D eigenvalue weighted by Crippen LogP contribution is -2.31. The molecule has 4 aromatic rings.